The van der Waals surface area contributed by atoms with Crippen LogP contribution in [-0.4, -0.2) is 58.8 Å². The maximum absolute atomic E-state index is 13.0. The molecule has 2 amide bonds. The van der Waals surface area contributed by atoms with Crippen LogP contribution in [0, 0.1) is 11.3 Å². The Hall–Kier alpha value is -2.78. The molecule has 9 heteroatoms. The van der Waals surface area contributed by atoms with Gasteiger partial charge in [-0.05, 0) is 90.9 Å². The third-order valence-electron chi connectivity index (χ3n) is 7.93. The maximum atomic E-state index is 13.0. The molecule has 1 rings (SSSR count). The van der Waals surface area contributed by atoms with E-state index in [1.807, 2.05) is 34.6 Å². The van der Waals surface area contributed by atoms with E-state index in [4.69, 9.17) is 15.2 Å². The van der Waals surface area contributed by atoms with Crippen LogP contribution in [0.1, 0.15) is 126 Å². The predicted octanol–water partition coefficient (Wildman–Crippen LogP) is 6.90. The summed E-state index contributed by atoms with van der Waals surface area (Å²) in [6, 6.07) is 0. The summed E-state index contributed by atoms with van der Waals surface area (Å²) in [5.74, 6) is -0.564. The highest BCUT2D eigenvalue weighted by atomic mass is 16.6. The fourth-order valence-electron chi connectivity index (χ4n) is 5.57. The van der Waals surface area contributed by atoms with Gasteiger partial charge in [0.05, 0.1) is 12.2 Å². The number of carbonyl (C=O) groups excluding carboxylic acids is 3. The van der Waals surface area contributed by atoms with E-state index in [0.717, 1.165) is 42.4 Å². The van der Waals surface area contributed by atoms with E-state index in [0.29, 0.717) is 44.9 Å². The number of cyclic esters (lactones) is 1. The van der Waals surface area contributed by atoms with Crippen molar-refractivity contribution in [1.29, 1.82) is 0 Å². The van der Waals surface area contributed by atoms with Crippen LogP contribution in [0.5, 0.6) is 0 Å². The fraction of sp³-hybridized carbons (Fsp3) is 0.714. The van der Waals surface area contributed by atoms with Crippen LogP contribution in [0.15, 0.2) is 39.9 Å². The quantitative estimate of drug-likeness (QED) is 0.127. The molecule has 0 radical (unpaired) electrons. The number of carbonyl (C=O) groups is 3. The van der Waals surface area contributed by atoms with Crippen molar-refractivity contribution < 1.29 is 34.1 Å². The number of amides is 2. The van der Waals surface area contributed by atoms with Gasteiger partial charge in [0.15, 0.2) is 0 Å². The molecule has 1 aliphatic heterocycles. The predicted molar refractivity (Wildman–Crippen MR) is 175 cm³/mol. The van der Waals surface area contributed by atoms with Crippen molar-refractivity contribution in [2.45, 2.75) is 150 Å². The second kappa shape index (κ2) is 20.3. The SMILES string of the molecule is CC(C)=CC(=O)N=CC/C(C)=C/[C@H](C)[C@H]1C/C(C)=C/CCCC[C@@H](OC(N)=O)[C@H](O)CC[C@H](O)CC(C)(C)CCCC(=O)O1. The molecule has 0 saturated carbocycles. The molecule has 0 aromatic carbocycles. The first kappa shape index (κ1) is 39.2. The third kappa shape index (κ3) is 18.1. The molecular weight excluding hydrogens is 560 g/mol. The summed E-state index contributed by atoms with van der Waals surface area (Å²) in [6.07, 6.45) is 10.6. The first-order chi connectivity index (χ1) is 20.6. The van der Waals surface area contributed by atoms with Gasteiger partial charge in [-0.3, -0.25) is 9.59 Å². The van der Waals surface area contributed by atoms with Crippen molar-refractivity contribution >= 4 is 24.2 Å². The summed E-state index contributed by atoms with van der Waals surface area (Å²) < 4.78 is 11.3. The average molecular weight is 619 g/mol. The van der Waals surface area contributed by atoms with Crippen molar-refractivity contribution in [1.82, 2.24) is 0 Å². The third-order valence-corrected chi connectivity index (χ3v) is 7.93. The molecule has 44 heavy (non-hydrogen) atoms. The first-order valence-corrected chi connectivity index (χ1v) is 16.1. The number of primary amides is 1. The van der Waals surface area contributed by atoms with Gasteiger partial charge < -0.3 is 25.4 Å². The summed E-state index contributed by atoms with van der Waals surface area (Å²) in [4.78, 5) is 40.2. The lowest BCUT2D eigenvalue weighted by atomic mass is 9.80. The summed E-state index contributed by atoms with van der Waals surface area (Å²) in [5, 5.41) is 21.4. The number of nitrogens with two attached hydrogens (primary N) is 1. The van der Waals surface area contributed by atoms with Gasteiger partial charge >= 0.3 is 12.1 Å². The van der Waals surface area contributed by atoms with Crippen molar-refractivity contribution in [3.05, 3.63) is 34.9 Å². The summed E-state index contributed by atoms with van der Waals surface area (Å²) in [5.41, 5.74) is 8.10. The molecule has 0 bridgehead atoms. The van der Waals surface area contributed by atoms with E-state index in [2.05, 4.69) is 31.0 Å². The van der Waals surface area contributed by atoms with Crippen molar-refractivity contribution in [2.75, 3.05) is 0 Å². The highest BCUT2D eigenvalue weighted by Gasteiger charge is 2.27. The minimum atomic E-state index is -0.913. The van der Waals surface area contributed by atoms with Crippen LogP contribution < -0.4 is 5.73 Å². The molecule has 0 fully saturated rings. The molecule has 0 spiro atoms. The number of rotatable bonds is 6. The Bertz CT molecular complexity index is 1040. The van der Waals surface area contributed by atoms with Gasteiger partial charge in [-0.15, -0.1) is 0 Å². The van der Waals surface area contributed by atoms with Crippen LogP contribution in [0.25, 0.3) is 0 Å². The molecule has 0 unspecified atom stereocenters. The number of esters is 1. The number of aliphatic hydroxyl groups excluding tert-OH is 2. The molecule has 0 aromatic heterocycles. The monoisotopic (exact) mass is 618 g/mol. The van der Waals surface area contributed by atoms with Gasteiger partial charge in [-0.2, -0.15) is 0 Å². The standard InChI is InChI=1S/C35H58N2O7/c1-24(2)20-32(40)37-19-17-26(4)21-27(5)31-22-25(3)12-9-8-10-13-30(44-34(36)42)29(39)16-15-28(38)23-35(6,7)18-11-14-33(41)43-31/h12,19-21,27-31,38-39H,8-11,13-18,22-23H2,1-7H3,(H2,36,42)/b25-12+,26-21+,37-19?/t27-,28-,29+,30+,31+/m0/s1. The Morgan fingerprint density at radius 3 is 2.52 bits per heavy atom. The molecule has 0 aliphatic carbocycles. The topological polar surface area (TPSA) is 149 Å². The van der Waals surface area contributed by atoms with E-state index in [1.165, 1.54) is 6.08 Å². The maximum Gasteiger partial charge on any atom is 0.404 e. The van der Waals surface area contributed by atoms with E-state index in [9.17, 15) is 24.6 Å². The molecule has 250 valence electrons. The second-order valence-corrected chi connectivity index (χ2v) is 13.5. The Morgan fingerprint density at radius 2 is 1.86 bits per heavy atom. The molecule has 1 heterocycles. The van der Waals surface area contributed by atoms with E-state index in [-0.39, 0.29) is 35.7 Å². The molecule has 5 atom stereocenters. The minimum absolute atomic E-state index is 0.0539. The van der Waals surface area contributed by atoms with Gasteiger partial charge in [0.2, 0.25) is 0 Å². The lowest BCUT2D eigenvalue weighted by Gasteiger charge is -2.29. The van der Waals surface area contributed by atoms with Crippen LogP contribution in [0.4, 0.5) is 4.79 Å². The number of aliphatic hydroxyl groups is 2. The molecule has 1 aliphatic rings. The highest BCUT2D eigenvalue weighted by Crippen LogP contribution is 2.31. The fourth-order valence-corrected chi connectivity index (χ4v) is 5.57. The zero-order valence-corrected chi connectivity index (χ0v) is 28.1. The Morgan fingerprint density at radius 1 is 1.16 bits per heavy atom. The zero-order chi connectivity index (χ0) is 33.3. The van der Waals surface area contributed by atoms with Crippen LogP contribution in [-0.2, 0) is 19.1 Å². The molecule has 4 N–H and O–H groups in total. The van der Waals surface area contributed by atoms with E-state index >= 15 is 0 Å². The minimum Gasteiger partial charge on any atom is -0.461 e. The first-order valence-electron chi connectivity index (χ1n) is 16.1. The largest absolute Gasteiger partial charge is 0.461 e. The summed E-state index contributed by atoms with van der Waals surface area (Å²) >= 11 is 0. The van der Waals surface area contributed by atoms with Crippen LogP contribution in [0.2, 0.25) is 0 Å². The van der Waals surface area contributed by atoms with E-state index in [1.54, 1.807) is 6.21 Å². The molecular formula is C35H58N2O7. The van der Waals surface area contributed by atoms with Crippen LogP contribution in [0.3, 0.4) is 0 Å². The molecule has 0 saturated heterocycles. The second-order valence-electron chi connectivity index (χ2n) is 13.5. The lowest BCUT2D eigenvalue weighted by Crippen LogP contribution is -2.34. The number of aliphatic imine (C=N–C) groups is 1. The number of allylic oxidation sites excluding steroid dienone is 3. The van der Waals surface area contributed by atoms with Gasteiger partial charge in [0, 0.05) is 37.5 Å². The Balaban J connectivity index is 3.07. The van der Waals surface area contributed by atoms with Gasteiger partial charge in [0.25, 0.3) is 5.91 Å². The number of ether oxygens (including phenoxy) is 2. The van der Waals surface area contributed by atoms with Gasteiger partial charge in [-0.1, -0.05) is 49.6 Å². The number of hydrogen-bond acceptors (Lipinski definition) is 7. The van der Waals surface area contributed by atoms with Crippen molar-refractivity contribution in [3.63, 3.8) is 0 Å². The van der Waals surface area contributed by atoms with Crippen molar-refractivity contribution in [2.24, 2.45) is 22.1 Å². The Labute approximate surface area is 265 Å². The van der Waals surface area contributed by atoms with Gasteiger partial charge in [-0.25, -0.2) is 9.79 Å². The molecule has 0 aromatic rings. The zero-order valence-electron chi connectivity index (χ0n) is 28.1. The molecule has 9 nitrogen and oxygen atoms in total. The van der Waals surface area contributed by atoms with Crippen LogP contribution >= 0.6 is 0 Å². The number of nitrogens with zero attached hydrogens (tertiary/aromatic N) is 1. The van der Waals surface area contributed by atoms with E-state index < -0.39 is 24.4 Å². The van der Waals surface area contributed by atoms with Crippen molar-refractivity contribution in [3.8, 4) is 0 Å². The summed E-state index contributed by atoms with van der Waals surface area (Å²) in [7, 11) is 0. The Kier molecular flexibility index (Phi) is 18.1. The normalized spacial score (nSPS) is 27.3. The van der Waals surface area contributed by atoms with Gasteiger partial charge in [0.1, 0.15) is 12.2 Å². The lowest BCUT2D eigenvalue weighted by molar-refractivity contribution is -0.150. The summed E-state index contributed by atoms with van der Waals surface area (Å²) in [6.45, 7) is 13.9. The average Bonchev–Trinajstić information content (AvgIpc) is 2.88. The number of hydrogen-bond donors (Lipinski definition) is 3. The smallest absolute Gasteiger partial charge is 0.404 e. The highest BCUT2D eigenvalue weighted by molar-refractivity contribution is 5.94.